The number of nitrogens with zero attached hydrogens (tertiary/aromatic N) is 4. The molecule has 0 aliphatic carbocycles. The van der Waals surface area contributed by atoms with E-state index < -0.39 is 11.4 Å². The van der Waals surface area contributed by atoms with Gasteiger partial charge in [0.2, 0.25) is 5.91 Å². The lowest BCUT2D eigenvalue weighted by Gasteiger charge is -2.31. The number of guanidine groups is 1. The number of hydrogen-bond acceptors (Lipinski definition) is 6. The Bertz CT molecular complexity index is 900. The summed E-state index contributed by atoms with van der Waals surface area (Å²) in [5.74, 6) is -0.482. The van der Waals surface area contributed by atoms with E-state index in [1.165, 1.54) is 28.4 Å². The average molecular weight is 343 g/mol. The second-order valence-electron chi connectivity index (χ2n) is 5.74. The molecule has 0 radical (unpaired) electrons. The van der Waals surface area contributed by atoms with Gasteiger partial charge in [-0.15, -0.1) is 11.3 Å². The molecule has 1 atom stereocenters. The zero-order chi connectivity index (χ0) is 17.5. The monoisotopic (exact) mass is 343 g/mol. The summed E-state index contributed by atoms with van der Waals surface area (Å²) in [6.45, 7) is 1.79. The number of halogens is 1. The van der Waals surface area contributed by atoms with Gasteiger partial charge in [0, 0.05) is 13.2 Å². The summed E-state index contributed by atoms with van der Waals surface area (Å²) in [5.41, 5.74) is 5.76. The summed E-state index contributed by atoms with van der Waals surface area (Å²) < 4.78 is 13.6. The van der Waals surface area contributed by atoms with Crippen molar-refractivity contribution >= 4 is 23.2 Å². The van der Waals surface area contributed by atoms with Crippen LogP contribution in [0.3, 0.4) is 0 Å². The van der Waals surface area contributed by atoms with E-state index in [1.54, 1.807) is 26.2 Å². The summed E-state index contributed by atoms with van der Waals surface area (Å²) in [7, 11) is 1.57. The van der Waals surface area contributed by atoms with Crippen LogP contribution in [0.15, 0.2) is 29.4 Å². The quantitative estimate of drug-likeness (QED) is 0.904. The molecule has 0 fully saturated rings. The standard InChI is InChI=1S/C16H14FN5OS/c1-16(6-13(23)22(2)15(19)21-16)14-20-8-12(24-14)10-3-9(7-18)4-11(17)5-10/h3-5,8H,6H2,1-2H3,(H2,19,21). The number of nitrogens with two attached hydrogens (primary N) is 1. The molecule has 0 saturated heterocycles. The van der Waals surface area contributed by atoms with Gasteiger partial charge in [-0.25, -0.2) is 14.4 Å². The van der Waals surface area contributed by atoms with Crippen LogP contribution in [-0.2, 0) is 10.3 Å². The molecule has 0 saturated carbocycles. The number of carbonyl (C=O) groups excluding carboxylic acids is 1. The number of carbonyl (C=O) groups is 1. The van der Waals surface area contributed by atoms with E-state index in [4.69, 9.17) is 11.0 Å². The van der Waals surface area contributed by atoms with E-state index >= 15 is 0 Å². The summed E-state index contributed by atoms with van der Waals surface area (Å²) in [6, 6.07) is 6.04. The fraction of sp³-hybridized carbons (Fsp3) is 0.250. The predicted molar refractivity (Wildman–Crippen MR) is 88.6 cm³/mol. The van der Waals surface area contributed by atoms with Gasteiger partial charge in [-0.3, -0.25) is 9.69 Å². The number of benzene rings is 1. The maximum atomic E-state index is 13.6. The van der Waals surface area contributed by atoms with Gasteiger partial charge >= 0.3 is 0 Å². The van der Waals surface area contributed by atoms with Gasteiger partial charge in [-0.1, -0.05) is 0 Å². The third-order valence-corrected chi connectivity index (χ3v) is 5.15. The van der Waals surface area contributed by atoms with Gasteiger partial charge in [0.05, 0.1) is 22.9 Å². The molecule has 6 nitrogen and oxygen atoms in total. The highest BCUT2D eigenvalue weighted by Gasteiger charge is 2.38. The Balaban J connectivity index is 2.01. The first kappa shape index (κ1) is 16.1. The molecule has 1 aromatic heterocycles. The molecule has 1 aliphatic heterocycles. The second-order valence-corrected chi connectivity index (χ2v) is 6.77. The van der Waals surface area contributed by atoms with Crippen molar-refractivity contribution in [2.45, 2.75) is 18.9 Å². The Morgan fingerprint density at radius 1 is 1.46 bits per heavy atom. The van der Waals surface area contributed by atoms with Crippen LogP contribution in [0, 0.1) is 17.1 Å². The zero-order valence-electron chi connectivity index (χ0n) is 13.1. The van der Waals surface area contributed by atoms with Gasteiger partial charge < -0.3 is 5.73 Å². The van der Waals surface area contributed by atoms with Gasteiger partial charge in [0.25, 0.3) is 0 Å². The van der Waals surface area contributed by atoms with Crippen LogP contribution < -0.4 is 5.73 Å². The van der Waals surface area contributed by atoms with E-state index in [0.29, 0.717) is 15.4 Å². The summed E-state index contributed by atoms with van der Waals surface area (Å²) in [4.78, 5) is 22.8. The number of thiazole rings is 1. The molecule has 0 bridgehead atoms. The molecular formula is C16H14FN5OS. The molecule has 8 heteroatoms. The molecule has 122 valence electrons. The molecule has 2 N–H and O–H groups in total. The molecule has 1 aromatic carbocycles. The third-order valence-electron chi connectivity index (χ3n) is 3.85. The number of hydrogen-bond donors (Lipinski definition) is 1. The highest BCUT2D eigenvalue weighted by molar-refractivity contribution is 7.15. The minimum Gasteiger partial charge on any atom is -0.369 e. The van der Waals surface area contributed by atoms with Crippen LogP contribution in [0.25, 0.3) is 10.4 Å². The van der Waals surface area contributed by atoms with Crippen molar-refractivity contribution in [2.75, 3.05) is 7.05 Å². The van der Waals surface area contributed by atoms with Crippen molar-refractivity contribution in [1.82, 2.24) is 9.88 Å². The van der Waals surface area contributed by atoms with Crippen LogP contribution in [0.4, 0.5) is 4.39 Å². The number of rotatable bonds is 2. The normalized spacial score (nSPS) is 20.7. The first-order chi connectivity index (χ1) is 11.3. The number of nitriles is 1. The smallest absolute Gasteiger partial charge is 0.231 e. The second kappa shape index (κ2) is 5.69. The van der Waals surface area contributed by atoms with E-state index in [0.717, 1.165) is 0 Å². The minimum absolute atomic E-state index is 0.140. The van der Waals surface area contributed by atoms with Crippen molar-refractivity contribution in [1.29, 1.82) is 5.26 Å². The Kier molecular flexibility index (Phi) is 3.81. The molecule has 0 spiro atoms. The van der Waals surface area contributed by atoms with E-state index in [1.807, 2.05) is 6.07 Å². The lowest BCUT2D eigenvalue weighted by molar-refractivity contribution is -0.128. The number of aliphatic imine (C=N–C) groups is 1. The average Bonchev–Trinajstić information content (AvgIpc) is 3.03. The third kappa shape index (κ3) is 2.74. The molecule has 1 unspecified atom stereocenters. The summed E-state index contributed by atoms with van der Waals surface area (Å²) in [6.07, 6.45) is 1.75. The van der Waals surface area contributed by atoms with Gasteiger partial charge in [-0.05, 0) is 30.7 Å². The van der Waals surface area contributed by atoms with Crippen molar-refractivity contribution in [2.24, 2.45) is 10.7 Å². The van der Waals surface area contributed by atoms with Crippen molar-refractivity contribution in [3.8, 4) is 16.5 Å². The van der Waals surface area contributed by atoms with Crippen LogP contribution >= 0.6 is 11.3 Å². The first-order valence-electron chi connectivity index (χ1n) is 7.11. The van der Waals surface area contributed by atoms with E-state index in [-0.39, 0.29) is 23.9 Å². The summed E-state index contributed by atoms with van der Waals surface area (Å²) in [5, 5.41) is 9.58. The van der Waals surface area contributed by atoms with Gasteiger partial charge in [0.1, 0.15) is 16.4 Å². The molecule has 2 aromatic rings. The minimum atomic E-state index is -0.845. The molecule has 2 heterocycles. The van der Waals surface area contributed by atoms with Crippen LogP contribution in [-0.4, -0.2) is 28.8 Å². The molecule has 1 amide bonds. The number of aromatic nitrogens is 1. The summed E-state index contributed by atoms with van der Waals surface area (Å²) >= 11 is 1.30. The zero-order valence-corrected chi connectivity index (χ0v) is 13.9. The largest absolute Gasteiger partial charge is 0.369 e. The predicted octanol–water partition coefficient (Wildman–Crippen LogP) is 2.21. The molecule has 3 rings (SSSR count). The molecule has 1 aliphatic rings. The van der Waals surface area contributed by atoms with Crippen molar-refractivity contribution in [3.63, 3.8) is 0 Å². The van der Waals surface area contributed by atoms with E-state index in [9.17, 15) is 9.18 Å². The Morgan fingerprint density at radius 2 is 2.21 bits per heavy atom. The van der Waals surface area contributed by atoms with E-state index in [2.05, 4.69) is 9.98 Å². The van der Waals surface area contributed by atoms with Crippen molar-refractivity contribution < 1.29 is 9.18 Å². The van der Waals surface area contributed by atoms with Gasteiger partial charge in [-0.2, -0.15) is 5.26 Å². The Hall–Kier alpha value is -2.79. The van der Waals surface area contributed by atoms with Crippen LogP contribution in [0.1, 0.15) is 23.9 Å². The Labute approximate surface area is 142 Å². The maximum Gasteiger partial charge on any atom is 0.231 e. The maximum absolute atomic E-state index is 13.6. The lowest BCUT2D eigenvalue weighted by Crippen LogP contribution is -2.47. The highest BCUT2D eigenvalue weighted by Crippen LogP contribution is 2.38. The topological polar surface area (TPSA) is 95.4 Å². The van der Waals surface area contributed by atoms with Crippen LogP contribution in [0.5, 0.6) is 0 Å². The Morgan fingerprint density at radius 3 is 2.88 bits per heavy atom. The van der Waals surface area contributed by atoms with Gasteiger partial charge in [0.15, 0.2) is 5.96 Å². The lowest BCUT2D eigenvalue weighted by atomic mass is 9.97. The molecular weight excluding hydrogens is 329 g/mol. The van der Waals surface area contributed by atoms with Crippen LogP contribution in [0.2, 0.25) is 0 Å². The fourth-order valence-corrected chi connectivity index (χ4v) is 3.48. The molecule has 24 heavy (non-hydrogen) atoms. The first-order valence-corrected chi connectivity index (χ1v) is 7.93. The number of amides is 1. The SMILES string of the molecule is CN1C(=O)CC(C)(c2ncc(-c3cc(F)cc(C#N)c3)s2)N=C1N. The highest BCUT2D eigenvalue weighted by atomic mass is 32.1. The fourth-order valence-electron chi connectivity index (χ4n) is 2.48. The van der Waals surface area contributed by atoms with Crippen molar-refractivity contribution in [3.05, 3.63) is 40.8 Å².